The zero-order chi connectivity index (χ0) is 13.3. The van der Waals surface area contributed by atoms with Gasteiger partial charge in [0.2, 0.25) is 0 Å². The van der Waals surface area contributed by atoms with E-state index in [1.807, 2.05) is 6.07 Å². The molecule has 6 heteroatoms. The SMILES string of the molecule is CN(C(=O)c1cc(Br)sc1Br)C1CCCCC1O. The van der Waals surface area contributed by atoms with Gasteiger partial charge in [-0.3, -0.25) is 4.79 Å². The molecule has 0 saturated heterocycles. The molecule has 0 aromatic carbocycles. The van der Waals surface area contributed by atoms with E-state index in [2.05, 4.69) is 31.9 Å². The third kappa shape index (κ3) is 2.98. The van der Waals surface area contributed by atoms with Crippen LogP contribution in [0.1, 0.15) is 36.0 Å². The molecular weight excluding hydrogens is 382 g/mol. The predicted octanol–water partition coefficient (Wildman–Crippen LogP) is 3.65. The second-order valence-corrected chi connectivity index (χ2v) is 8.32. The lowest BCUT2D eigenvalue weighted by Gasteiger charge is -2.35. The van der Waals surface area contributed by atoms with Gasteiger partial charge in [-0.1, -0.05) is 12.8 Å². The molecule has 1 fully saturated rings. The van der Waals surface area contributed by atoms with Crippen molar-refractivity contribution in [3.63, 3.8) is 0 Å². The van der Waals surface area contributed by atoms with Crippen LogP contribution in [-0.2, 0) is 0 Å². The third-order valence-electron chi connectivity index (χ3n) is 3.40. The number of carbonyl (C=O) groups is 1. The highest BCUT2D eigenvalue weighted by molar-refractivity contribution is 9.12. The average Bonchev–Trinajstić information content (AvgIpc) is 2.67. The van der Waals surface area contributed by atoms with Crippen LogP contribution >= 0.6 is 43.2 Å². The minimum Gasteiger partial charge on any atom is -0.391 e. The van der Waals surface area contributed by atoms with Gasteiger partial charge in [0.1, 0.15) is 0 Å². The van der Waals surface area contributed by atoms with E-state index in [0.29, 0.717) is 5.56 Å². The molecule has 1 aliphatic carbocycles. The van der Waals surface area contributed by atoms with Crippen LogP contribution in [0, 0.1) is 0 Å². The summed E-state index contributed by atoms with van der Waals surface area (Å²) in [5.74, 6) is -0.0326. The number of halogens is 2. The second kappa shape index (κ2) is 6.03. The molecule has 0 radical (unpaired) electrons. The minimum atomic E-state index is -0.395. The summed E-state index contributed by atoms with van der Waals surface area (Å²) in [5, 5.41) is 10.00. The summed E-state index contributed by atoms with van der Waals surface area (Å²) in [6, 6.07) is 1.76. The fourth-order valence-corrected chi connectivity index (χ4v) is 5.15. The largest absolute Gasteiger partial charge is 0.391 e. The Morgan fingerprint density at radius 3 is 2.67 bits per heavy atom. The van der Waals surface area contributed by atoms with Crippen LogP contribution < -0.4 is 0 Å². The predicted molar refractivity (Wildman–Crippen MR) is 80.1 cm³/mol. The summed E-state index contributed by atoms with van der Waals surface area (Å²) in [5.41, 5.74) is 0.659. The van der Waals surface area contributed by atoms with Crippen LogP contribution in [0.3, 0.4) is 0 Å². The monoisotopic (exact) mass is 395 g/mol. The van der Waals surface area contributed by atoms with Gasteiger partial charge in [-0.25, -0.2) is 0 Å². The molecule has 1 heterocycles. The molecule has 100 valence electrons. The topological polar surface area (TPSA) is 40.5 Å². The van der Waals surface area contributed by atoms with Crippen molar-refractivity contribution in [2.45, 2.75) is 37.8 Å². The molecule has 1 N–H and O–H groups in total. The van der Waals surface area contributed by atoms with Crippen molar-refractivity contribution in [1.82, 2.24) is 4.90 Å². The number of aliphatic hydroxyl groups is 1. The van der Waals surface area contributed by atoms with Crippen molar-refractivity contribution in [2.24, 2.45) is 0 Å². The summed E-state index contributed by atoms with van der Waals surface area (Å²) in [6.45, 7) is 0. The Labute approximate surface area is 127 Å². The quantitative estimate of drug-likeness (QED) is 0.828. The van der Waals surface area contributed by atoms with Gasteiger partial charge >= 0.3 is 0 Å². The highest BCUT2D eigenvalue weighted by Gasteiger charge is 2.30. The molecule has 2 unspecified atom stereocenters. The van der Waals surface area contributed by atoms with E-state index < -0.39 is 6.10 Å². The first kappa shape index (κ1) is 14.5. The summed E-state index contributed by atoms with van der Waals surface area (Å²) in [4.78, 5) is 14.1. The number of rotatable bonds is 2. The van der Waals surface area contributed by atoms with Crippen molar-refractivity contribution < 1.29 is 9.90 Å². The van der Waals surface area contributed by atoms with Crippen LogP contribution in [0.4, 0.5) is 0 Å². The number of likely N-dealkylation sites (N-methyl/N-ethyl adjacent to an activating group) is 1. The molecule has 0 bridgehead atoms. The molecule has 2 rings (SSSR count). The van der Waals surface area contributed by atoms with E-state index in [9.17, 15) is 9.90 Å². The molecule has 1 saturated carbocycles. The second-order valence-electron chi connectivity index (χ2n) is 4.57. The summed E-state index contributed by atoms with van der Waals surface area (Å²) >= 11 is 8.27. The Morgan fingerprint density at radius 2 is 2.11 bits per heavy atom. The number of hydrogen-bond donors (Lipinski definition) is 1. The lowest BCUT2D eigenvalue weighted by atomic mass is 9.91. The highest BCUT2D eigenvalue weighted by Crippen LogP contribution is 2.33. The van der Waals surface area contributed by atoms with Crippen molar-refractivity contribution in [3.8, 4) is 0 Å². The summed E-state index contributed by atoms with van der Waals surface area (Å²) < 4.78 is 1.76. The lowest BCUT2D eigenvalue weighted by Crippen LogP contribution is -2.46. The molecule has 1 aromatic heterocycles. The number of aliphatic hydroxyl groups excluding tert-OH is 1. The molecule has 0 aliphatic heterocycles. The molecule has 1 aliphatic rings. The molecule has 0 spiro atoms. The fraction of sp³-hybridized carbons (Fsp3) is 0.583. The van der Waals surface area contributed by atoms with Crippen molar-refractivity contribution in [1.29, 1.82) is 0 Å². The van der Waals surface area contributed by atoms with Crippen LogP contribution in [-0.4, -0.2) is 35.1 Å². The summed E-state index contributed by atoms with van der Waals surface area (Å²) in [7, 11) is 1.78. The van der Waals surface area contributed by atoms with Crippen molar-refractivity contribution >= 4 is 49.1 Å². The Balaban J connectivity index is 2.15. The first-order valence-electron chi connectivity index (χ1n) is 5.90. The van der Waals surface area contributed by atoms with E-state index in [0.717, 1.165) is 33.3 Å². The van der Waals surface area contributed by atoms with E-state index in [1.54, 1.807) is 11.9 Å². The molecule has 2 atom stereocenters. The maximum Gasteiger partial charge on any atom is 0.255 e. The van der Waals surface area contributed by atoms with Crippen molar-refractivity contribution in [3.05, 3.63) is 19.2 Å². The first-order valence-corrected chi connectivity index (χ1v) is 8.31. The third-order valence-corrected chi connectivity index (χ3v) is 5.74. The standard InChI is InChI=1S/C12H15Br2NO2S/c1-15(8-4-2-3-5-9(8)16)12(17)7-6-10(13)18-11(7)14/h6,8-9,16H,2-5H2,1H3. The Hall–Kier alpha value is 0.0900. The molecule has 1 amide bonds. The minimum absolute atomic E-state index is 0.0326. The normalized spacial score (nSPS) is 24.0. The lowest BCUT2D eigenvalue weighted by molar-refractivity contribution is 0.0268. The zero-order valence-corrected chi connectivity index (χ0v) is 14.0. The van der Waals surface area contributed by atoms with Crippen LogP contribution in [0.5, 0.6) is 0 Å². The zero-order valence-electron chi connectivity index (χ0n) is 10.0. The molecule has 18 heavy (non-hydrogen) atoms. The van der Waals surface area contributed by atoms with Crippen molar-refractivity contribution in [2.75, 3.05) is 7.05 Å². The average molecular weight is 397 g/mol. The number of nitrogens with zero attached hydrogens (tertiary/aromatic N) is 1. The fourth-order valence-electron chi connectivity index (χ4n) is 2.37. The Kier molecular flexibility index (Phi) is 4.86. The maximum absolute atomic E-state index is 12.4. The van der Waals surface area contributed by atoms with E-state index in [-0.39, 0.29) is 11.9 Å². The molecule has 3 nitrogen and oxygen atoms in total. The smallest absolute Gasteiger partial charge is 0.255 e. The van der Waals surface area contributed by atoms with E-state index in [1.165, 1.54) is 11.3 Å². The van der Waals surface area contributed by atoms with Gasteiger partial charge in [-0.2, -0.15) is 0 Å². The van der Waals surface area contributed by atoms with Crippen LogP contribution in [0.15, 0.2) is 13.6 Å². The molecular formula is C12H15Br2NO2S. The number of thiophene rings is 1. The van der Waals surface area contributed by atoms with Gasteiger partial charge < -0.3 is 10.0 Å². The van der Waals surface area contributed by atoms with Crippen LogP contribution in [0.25, 0.3) is 0 Å². The summed E-state index contributed by atoms with van der Waals surface area (Å²) in [6.07, 6.45) is 3.40. The maximum atomic E-state index is 12.4. The number of hydrogen-bond acceptors (Lipinski definition) is 3. The van der Waals surface area contributed by atoms with E-state index in [4.69, 9.17) is 0 Å². The van der Waals surface area contributed by atoms with Crippen LogP contribution in [0.2, 0.25) is 0 Å². The van der Waals surface area contributed by atoms with Gasteiger partial charge in [-0.05, 0) is 50.8 Å². The highest BCUT2D eigenvalue weighted by atomic mass is 79.9. The van der Waals surface area contributed by atoms with E-state index >= 15 is 0 Å². The Bertz CT molecular complexity index is 449. The van der Waals surface area contributed by atoms with Gasteiger partial charge in [0.05, 0.1) is 25.3 Å². The Morgan fingerprint density at radius 1 is 1.44 bits per heavy atom. The van der Waals surface area contributed by atoms with Gasteiger partial charge in [0.15, 0.2) is 0 Å². The number of amides is 1. The van der Waals surface area contributed by atoms with Gasteiger partial charge in [0, 0.05) is 7.05 Å². The van der Waals surface area contributed by atoms with Gasteiger partial charge in [-0.15, -0.1) is 11.3 Å². The molecule has 1 aromatic rings. The number of carbonyl (C=O) groups excluding carboxylic acids is 1. The first-order chi connectivity index (χ1) is 8.50. The van der Waals surface area contributed by atoms with Gasteiger partial charge in [0.25, 0.3) is 5.91 Å².